The number of hydrogen-bond donors (Lipinski definition) is 0. The van der Waals surface area contributed by atoms with Crippen molar-refractivity contribution >= 4 is 11.4 Å². The van der Waals surface area contributed by atoms with Crippen LogP contribution in [-0.4, -0.2) is 17.9 Å². The van der Waals surface area contributed by atoms with E-state index in [-0.39, 0.29) is 0 Å². The summed E-state index contributed by atoms with van der Waals surface area (Å²) in [6, 6.07) is 17.9. The normalized spacial score (nSPS) is 13.2. The van der Waals surface area contributed by atoms with Crippen LogP contribution in [0.4, 0.5) is 0 Å². The molecule has 254 valence electrons. The molecular weight excluding hydrogens is 599 g/mol. The zero-order chi connectivity index (χ0) is 32.7. The van der Waals surface area contributed by atoms with Crippen LogP contribution in [0, 0.1) is 0 Å². The van der Waals surface area contributed by atoms with Crippen LogP contribution in [0.5, 0.6) is 0 Å². The third-order valence-corrected chi connectivity index (χ3v) is 9.02. The van der Waals surface area contributed by atoms with Gasteiger partial charge in [0.2, 0.25) is 11.4 Å². The van der Waals surface area contributed by atoms with Gasteiger partial charge in [0.25, 0.3) is 0 Å². The summed E-state index contributed by atoms with van der Waals surface area (Å²) in [5.41, 5.74) is 21.8. The number of hydrogen-bond acceptors (Lipinski definition) is 2. The third-order valence-electron chi connectivity index (χ3n) is 8.22. The molecule has 0 atom stereocenters. The van der Waals surface area contributed by atoms with Crippen molar-refractivity contribution in [2.24, 2.45) is 0 Å². The van der Waals surface area contributed by atoms with E-state index in [4.69, 9.17) is 7.76 Å². The fourth-order valence-corrected chi connectivity index (χ4v) is 6.15. The molecule has 3 rings (SSSR count). The van der Waals surface area contributed by atoms with E-state index in [1.165, 1.54) is 86.5 Å². The molecule has 0 fully saturated rings. The van der Waals surface area contributed by atoms with Gasteiger partial charge in [0.05, 0.1) is 0 Å². The predicted octanol–water partition coefficient (Wildman–Crippen LogP) is 12.5. The van der Waals surface area contributed by atoms with Crippen molar-refractivity contribution in [2.45, 2.75) is 144 Å². The first kappa shape index (κ1) is 39.1. The van der Waals surface area contributed by atoms with Gasteiger partial charge in [0, 0.05) is 22.3 Å². The Kier molecular flexibility index (Phi) is 21.0. The Morgan fingerprint density at radius 2 is 0.956 bits per heavy atom. The van der Waals surface area contributed by atoms with Gasteiger partial charge in [-0.15, -0.1) is 0 Å². The third kappa shape index (κ3) is 13.7. The van der Waals surface area contributed by atoms with Crippen LogP contribution in [0.3, 0.4) is 0 Å². The van der Waals surface area contributed by atoms with Crippen LogP contribution < -0.4 is 0 Å². The molecular formula is C40H62N2NiO2. The molecule has 2 aromatic carbocycles. The molecule has 1 heterocycles. The molecule has 4 nitrogen and oxygen atoms in total. The molecule has 0 aliphatic carbocycles. The van der Waals surface area contributed by atoms with Crippen molar-refractivity contribution in [3.05, 3.63) is 87.5 Å². The molecule has 1 aliphatic rings. The number of allylic oxidation sites excluding steroid dienone is 2. The second-order valence-electron chi connectivity index (χ2n) is 12.0. The summed E-state index contributed by atoms with van der Waals surface area (Å²) in [4.78, 5) is 0. The molecule has 0 bridgehead atoms. The van der Waals surface area contributed by atoms with Crippen LogP contribution >= 0.6 is 0 Å². The zero-order valence-corrected chi connectivity index (χ0v) is 30.4. The molecule has 45 heavy (non-hydrogen) atoms. The van der Waals surface area contributed by atoms with Gasteiger partial charge in [0.1, 0.15) is 0 Å². The first-order chi connectivity index (χ1) is 22.1. The molecule has 0 aromatic heterocycles. The molecule has 0 unspecified atom stereocenters. The second-order valence-corrected chi connectivity index (χ2v) is 12.7. The van der Waals surface area contributed by atoms with E-state index < -0.39 is 0 Å². The molecule has 1 aliphatic heterocycles. The molecule has 0 spiro atoms. The zero-order valence-electron chi connectivity index (χ0n) is 29.4. The van der Waals surface area contributed by atoms with Crippen LogP contribution in [0.2, 0.25) is 0 Å². The summed E-state index contributed by atoms with van der Waals surface area (Å²) in [6.45, 7) is 14.3. The number of nitrogens with zero attached hydrogens (tertiary/aromatic N) is 2. The van der Waals surface area contributed by atoms with Gasteiger partial charge in [0.15, 0.2) is 0 Å². The molecule has 0 amide bonds. The van der Waals surface area contributed by atoms with Crippen LogP contribution in [0.15, 0.2) is 59.7 Å². The predicted molar refractivity (Wildman–Crippen MR) is 188 cm³/mol. The number of rotatable bonds is 22. The Balaban J connectivity index is 0.000000900. The molecule has 0 saturated heterocycles. The van der Waals surface area contributed by atoms with E-state index in [9.17, 15) is 5.53 Å². The van der Waals surface area contributed by atoms with Crippen molar-refractivity contribution in [1.29, 1.82) is 0 Å². The van der Waals surface area contributed by atoms with E-state index in [0.29, 0.717) is 13.2 Å². The summed E-state index contributed by atoms with van der Waals surface area (Å²) in [7, 11) is 0. The molecule has 0 radical (unpaired) electrons. The molecule has 0 saturated carbocycles. The summed E-state index contributed by atoms with van der Waals surface area (Å²) in [6.07, 6.45) is 19.1. The van der Waals surface area contributed by atoms with Crippen molar-refractivity contribution in [3.8, 4) is 0 Å². The Morgan fingerprint density at radius 3 is 1.42 bits per heavy atom. The van der Waals surface area contributed by atoms with Gasteiger partial charge in [-0.1, -0.05) is 103 Å². The van der Waals surface area contributed by atoms with Crippen molar-refractivity contribution < 1.29 is 27.5 Å². The van der Waals surface area contributed by atoms with Gasteiger partial charge < -0.3 is 5.53 Å². The topological polar surface area (TPSA) is 43.8 Å². The van der Waals surface area contributed by atoms with Crippen molar-refractivity contribution in [1.82, 2.24) is 0 Å². The number of aryl methyl sites for hydroxylation is 2. The van der Waals surface area contributed by atoms with E-state index in [1.54, 1.807) is 4.70 Å². The van der Waals surface area contributed by atoms with E-state index in [2.05, 4.69) is 76.2 Å². The Morgan fingerprint density at radius 1 is 0.533 bits per heavy atom. The van der Waals surface area contributed by atoms with Crippen LogP contribution in [-0.2, 0) is 35.7 Å². The van der Waals surface area contributed by atoms with Crippen molar-refractivity contribution in [3.63, 3.8) is 0 Å². The first-order valence-corrected chi connectivity index (χ1v) is 18.8. The SMILES string of the molecule is CCCCCCCCC1=C(c2cccc(CCCC)c2)[N+](=[N-])C(c2cccc(CCCC)c2)=C1CCCC.CC[O][Ni][O]CC. The maximum atomic E-state index is 11.9. The van der Waals surface area contributed by atoms with Crippen molar-refractivity contribution in [2.75, 3.05) is 13.2 Å². The van der Waals surface area contributed by atoms with E-state index >= 15 is 0 Å². The van der Waals surface area contributed by atoms with E-state index in [0.717, 1.165) is 76.1 Å². The van der Waals surface area contributed by atoms with Crippen LogP contribution in [0.25, 0.3) is 16.9 Å². The fourth-order valence-electron chi connectivity index (χ4n) is 5.83. The van der Waals surface area contributed by atoms with Gasteiger partial charge in [-0.3, -0.25) is 0 Å². The second kappa shape index (κ2) is 24.2. The Hall–Kier alpha value is -2.07. The summed E-state index contributed by atoms with van der Waals surface area (Å²) >= 11 is 0.899. The van der Waals surface area contributed by atoms with Crippen LogP contribution in [0.1, 0.15) is 154 Å². The monoisotopic (exact) mass is 660 g/mol. The first-order valence-electron chi connectivity index (χ1n) is 18.0. The summed E-state index contributed by atoms with van der Waals surface area (Å²) in [5.74, 6) is 0. The minimum atomic E-state index is 0.708. The average molecular weight is 662 g/mol. The molecule has 2 aromatic rings. The Labute approximate surface area is 283 Å². The van der Waals surface area contributed by atoms with E-state index in [1.807, 2.05) is 13.8 Å². The fraction of sp³-hybridized carbons (Fsp3) is 0.600. The van der Waals surface area contributed by atoms with Gasteiger partial charge in [-0.2, -0.15) is 0 Å². The standard InChI is InChI=1S/C36H52N2.2C2H5O.Ni/c1-5-9-13-14-15-16-26-34-33(25-12-8-4)35(31-23-17-21-29(27-31)19-10-6-2)38(37)36(34)32-24-18-22-30(28-32)20-11-7-3;2*1-2-3;/h17-18,21-24,27-28H,5-16,19-20,25-26H2,1-4H3;2*2H2,1H3;/q;2*-1;+2. The van der Waals surface area contributed by atoms with Gasteiger partial charge in [-0.05, 0) is 86.8 Å². The number of unbranched alkanes of at least 4 members (excludes halogenated alkanes) is 8. The summed E-state index contributed by atoms with van der Waals surface area (Å²) in [5, 5.41) is 0. The van der Waals surface area contributed by atoms with Gasteiger partial charge >= 0.3 is 49.9 Å². The maximum absolute atomic E-state index is 11.9. The average Bonchev–Trinajstić information content (AvgIpc) is 3.34. The molecule has 5 heteroatoms. The Bertz CT molecular complexity index is 1180. The van der Waals surface area contributed by atoms with Gasteiger partial charge in [-0.25, -0.2) is 4.70 Å². The molecule has 0 N–H and O–H groups in total. The number of benzene rings is 2. The quantitative estimate of drug-likeness (QED) is 0.0716. The minimum absolute atomic E-state index is 0.708. The summed E-state index contributed by atoms with van der Waals surface area (Å²) < 4.78 is 11.1.